The van der Waals surface area contributed by atoms with Crippen LogP contribution in [0.15, 0.2) is 71.9 Å². The number of methoxy groups -OCH3 is 1. The van der Waals surface area contributed by atoms with Crippen LogP contribution in [-0.4, -0.2) is 107 Å². The Morgan fingerprint density at radius 2 is 1.70 bits per heavy atom. The number of halogens is 1. The fourth-order valence-electron chi connectivity index (χ4n) is 9.06. The standard InChI is InChI=1S/C47H57ClN8O5/c1-47(2,36-24-34(27-49)44(60-5)39(48)26-36)35-7-9-38(10-8-35)61-29-37-14-19-50-46(51-37)55-22-15-31(16-23-55)28-54-20-17-32(18-21-54)33-6-11-40(42(25-33)53(3)4)56(30-57)41-12-13-43(58)52-45(41)59/h6-11,14,19,24-26,30-32,37,41H,12-13,15-18,20-23,28-29H2,1-5H3,(H,50,51)(H,52,58,59). The molecule has 4 heterocycles. The number of hydrogen-bond donors (Lipinski definition) is 2. The Morgan fingerprint density at radius 1 is 0.967 bits per heavy atom. The van der Waals surface area contributed by atoms with Crippen LogP contribution >= 0.6 is 11.6 Å². The molecule has 14 heteroatoms. The van der Waals surface area contributed by atoms with E-state index < -0.39 is 17.4 Å². The second kappa shape index (κ2) is 19.0. The van der Waals surface area contributed by atoms with E-state index >= 15 is 0 Å². The molecule has 61 heavy (non-hydrogen) atoms. The van der Waals surface area contributed by atoms with Gasteiger partial charge in [-0.2, -0.15) is 5.26 Å². The molecular formula is C47H57ClN8O5. The average Bonchev–Trinajstić information content (AvgIpc) is 3.27. The van der Waals surface area contributed by atoms with E-state index in [0.29, 0.717) is 53.3 Å². The first-order valence-corrected chi connectivity index (χ1v) is 21.6. The van der Waals surface area contributed by atoms with Crippen LogP contribution in [0.3, 0.4) is 0 Å². The number of rotatable bonds is 13. The minimum Gasteiger partial charge on any atom is -0.494 e. The topological polar surface area (TPSA) is 143 Å². The molecule has 13 nitrogen and oxygen atoms in total. The highest BCUT2D eigenvalue weighted by molar-refractivity contribution is 6.32. The number of carbonyl (C=O) groups excluding carboxylic acids is 3. The molecule has 3 amide bonds. The van der Waals surface area contributed by atoms with Crippen molar-refractivity contribution in [3.63, 3.8) is 0 Å². The monoisotopic (exact) mass is 848 g/mol. The fourth-order valence-corrected chi connectivity index (χ4v) is 9.36. The van der Waals surface area contributed by atoms with Crippen LogP contribution in [0.2, 0.25) is 5.02 Å². The molecule has 2 unspecified atom stereocenters. The van der Waals surface area contributed by atoms with Gasteiger partial charge in [-0.25, -0.2) is 4.99 Å². The fraction of sp³-hybridized carbons (Fsp3) is 0.468. The van der Waals surface area contributed by atoms with Gasteiger partial charge in [-0.15, -0.1) is 0 Å². The number of piperidine rings is 3. The zero-order chi connectivity index (χ0) is 43.3. The maximum Gasteiger partial charge on any atom is 0.249 e. The van der Waals surface area contributed by atoms with Crippen LogP contribution < -0.4 is 29.9 Å². The van der Waals surface area contributed by atoms with Gasteiger partial charge in [0.15, 0.2) is 11.7 Å². The summed E-state index contributed by atoms with van der Waals surface area (Å²) in [5.74, 6) is 2.39. The summed E-state index contributed by atoms with van der Waals surface area (Å²) in [6.07, 6.45) is 9.50. The first-order chi connectivity index (χ1) is 29.4. The highest BCUT2D eigenvalue weighted by atomic mass is 35.5. The van der Waals surface area contributed by atoms with Crippen molar-refractivity contribution in [1.29, 1.82) is 5.26 Å². The summed E-state index contributed by atoms with van der Waals surface area (Å²) in [6, 6.07) is 19.5. The quantitative estimate of drug-likeness (QED) is 0.151. The van der Waals surface area contributed by atoms with Gasteiger partial charge >= 0.3 is 0 Å². The number of nitrogens with zero attached hydrogens (tertiary/aromatic N) is 6. The number of nitrogens with one attached hydrogen (secondary N) is 2. The molecule has 3 fully saturated rings. The lowest BCUT2D eigenvalue weighted by Gasteiger charge is -2.39. The predicted octanol–water partition coefficient (Wildman–Crippen LogP) is 6.19. The summed E-state index contributed by atoms with van der Waals surface area (Å²) in [5, 5.41) is 16.0. The van der Waals surface area contributed by atoms with Crippen LogP contribution in [0.4, 0.5) is 11.4 Å². The number of ether oxygens (including phenoxy) is 2. The summed E-state index contributed by atoms with van der Waals surface area (Å²) in [4.78, 5) is 49.7. The normalized spacial score (nSPS) is 20.3. The van der Waals surface area contributed by atoms with Gasteiger partial charge in [0, 0.05) is 51.8 Å². The first-order valence-electron chi connectivity index (χ1n) is 21.3. The molecule has 0 saturated carbocycles. The zero-order valence-corrected chi connectivity index (χ0v) is 36.6. The van der Waals surface area contributed by atoms with E-state index in [-0.39, 0.29) is 18.4 Å². The van der Waals surface area contributed by atoms with E-state index in [2.05, 4.69) is 64.6 Å². The molecule has 3 saturated heterocycles. The highest BCUT2D eigenvalue weighted by Crippen LogP contribution is 2.39. The Kier molecular flexibility index (Phi) is 13.5. The lowest BCUT2D eigenvalue weighted by molar-refractivity contribution is -0.134. The third-order valence-corrected chi connectivity index (χ3v) is 13.1. The average molecular weight is 849 g/mol. The van der Waals surface area contributed by atoms with Gasteiger partial charge in [-0.3, -0.25) is 19.7 Å². The van der Waals surface area contributed by atoms with Gasteiger partial charge in [0.05, 0.1) is 35.1 Å². The van der Waals surface area contributed by atoms with Crippen molar-refractivity contribution < 1.29 is 23.9 Å². The molecule has 3 aromatic rings. The third-order valence-electron chi connectivity index (χ3n) is 12.8. The molecule has 0 bridgehead atoms. The van der Waals surface area contributed by atoms with Crippen molar-refractivity contribution in [2.45, 2.75) is 75.8 Å². The number of imide groups is 1. The number of hydrogen-bond acceptors (Lipinski definition) is 11. The second-order valence-corrected chi connectivity index (χ2v) is 17.7. The maximum absolute atomic E-state index is 12.6. The number of amides is 3. The molecule has 2 atom stereocenters. The number of aliphatic imine (C=N–C) groups is 1. The van der Waals surface area contributed by atoms with Crippen molar-refractivity contribution in [2.24, 2.45) is 10.9 Å². The molecule has 0 spiro atoms. The summed E-state index contributed by atoms with van der Waals surface area (Å²) in [6.45, 7) is 9.78. The van der Waals surface area contributed by atoms with E-state index in [9.17, 15) is 19.6 Å². The Bertz CT molecular complexity index is 2190. The number of carbonyl (C=O) groups is 3. The summed E-state index contributed by atoms with van der Waals surface area (Å²) in [7, 11) is 5.41. The Morgan fingerprint density at radius 3 is 2.36 bits per heavy atom. The number of nitriles is 1. The minimum atomic E-state index is -0.708. The minimum absolute atomic E-state index is 0.00668. The van der Waals surface area contributed by atoms with Crippen molar-refractivity contribution in [3.05, 3.63) is 94.1 Å². The SMILES string of the molecule is COc1c(Cl)cc(C(C)(C)c2ccc(OCC3C=CN=C(N4CCC(CN5CCC(c6ccc(N(C=O)C7CCC(=O)NC7=O)c(N(C)C)c6)CC5)CC4)N3)cc2)cc1C#N. The molecule has 0 aromatic heterocycles. The molecular weight excluding hydrogens is 792 g/mol. The molecule has 7 rings (SSSR count). The van der Waals surface area contributed by atoms with Crippen LogP contribution in [0.5, 0.6) is 11.5 Å². The van der Waals surface area contributed by atoms with Gasteiger partial charge in [0.1, 0.15) is 24.5 Å². The van der Waals surface area contributed by atoms with Crippen LogP contribution in [-0.2, 0) is 19.8 Å². The molecule has 2 N–H and O–H groups in total. The number of guanidine groups is 1. The van der Waals surface area contributed by atoms with Crippen molar-refractivity contribution in [3.8, 4) is 17.6 Å². The maximum atomic E-state index is 12.6. The smallest absolute Gasteiger partial charge is 0.249 e. The van der Waals surface area contributed by atoms with E-state index in [1.807, 2.05) is 61.6 Å². The van der Waals surface area contributed by atoms with Crippen LogP contribution in [0, 0.1) is 17.2 Å². The Labute approximate surface area is 364 Å². The lowest BCUT2D eigenvalue weighted by Crippen LogP contribution is -2.52. The second-order valence-electron chi connectivity index (χ2n) is 17.3. The summed E-state index contributed by atoms with van der Waals surface area (Å²) in [5.41, 5.74) is 4.82. The largest absolute Gasteiger partial charge is 0.494 e. The summed E-state index contributed by atoms with van der Waals surface area (Å²) < 4.78 is 11.6. The zero-order valence-electron chi connectivity index (χ0n) is 35.8. The number of benzene rings is 3. The van der Waals surface area contributed by atoms with Gasteiger partial charge in [-0.1, -0.05) is 43.6 Å². The van der Waals surface area contributed by atoms with Crippen molar-refractivity contribution >= 4 is 47.2 Å². The van der Waals surface area contributed by atoms with E-state index in [1.165, 1.54) is 17.6 Å². The Balaban J connectivity index is 0.855. The lowest BCUT2D eigenvalue weighted by atomic mass is 9.77. The van der Waals surface area contributed by atoms with Gasteiger partial charge in [-0.05, 0) is 116 Å². The van der Waals surface area contributed by atoms with E-state index in [1.54, 1.807) is 0 Å². The van der Waals surface area contributed by atoms with Crippen LogP contribution in [0.25, 0.3) is 0 Å². The molecule has 322 valence electrons. The van der Waals surface area contributed by atoms with Crippen molar-refractivity contribution in [2.75, 3.05) is 70.3 Å². The third kappa shape index (κ3) is 9.82. The highest BCUT2D eigenvalue weighted by Gasteiger charge is 2.34. The molecule has 0 aliphatic carbocycles. The van der Waals surface area contributed by atoms with Gasteiger partial charge in [0.2, 0.25) is 18.2 Å². The van der Waals surface area contributed by atoms with Crippen LogP contribution in [0.1, 0.15) is 80.5 Å². The molecule has 3 aromatic carbocycles. The van der Waals surface area contributed by atoms with E-state index in [0.717, 1.165) is 86.9 Å². The molecule has 0 radical (unpaired) electrons. The Hall–Kier alpha value is -5.58. The molecule has 4 aliphatic rings. The van der Waals surface area contributed by atoms with Crippen molar-refractivity contribution in [1.82, 2.24) is 20.4 Å². The van der Waals surface area contributed by atoms with E-state index in [4.69, 9.17) is 26.1 Å². The number of anilines is 2. The van der Waals surface area contributed by atoms with Gasteiger partial charge < -0.3 is 34.4 Å². The number of likely N-dealkylation sites (tertiary alicyclic amines) is 2. The summed E-state index contributed by atoms with van der Waals surface area (Å²) >= 11 is 6.47. The molecule has 4 aliphatic heterocycles. The van der Waals surface area contributed by atoms with Gasteiger partial charge in [0.25, 0.3) is 0 Å². The predicted molar refractivity (Wildman–Crippen MR) is 238 cm³/mol. The first kappa shape index (κ1) is 43.5.